The van der Waals surface area contributed by atoms with E-state index in [9.17, 15) is 27.6 Å². The van der Waals surface area contributed by atoms with Crippen molar-refractivity contribution in [3.05, 3.63) is 47.9 Å². The molecule has 0 aromatic carbocycles. The smallest absolute Gasteiger partial charge is 0.471 e. The minimum atomic E-state index is -5.40. The molecule has 246 valence electrons. The van der Waals surface area contributed by atoms with Gasteiger partial charge < -0.3 is 28.6 Å². The largest absolute Gasteiger partial charge is 0.491 e. The normalized spacial score (nSPS) is 22.4. The summed E-state index contributed by atoms with van der Waals surface area (Å²) in [5.74, 6) is 2.02. The van der Waals surface area contributed by atoms with E-state index in [1.807, 2.05) is 13.0 Å². The minimum Gasteiger partial charge on any atom is -0.471 e. The number of likely N-dealkylation sites (tertiary alicyclic amines) is 1. The number of rotatable bonds is 4. The van der Waals surface area contributed by atoms with E-state index < -0.39 is 47.6 Å². The van der Waals surface area contributed by atoms with Crippen molar-refractivity contribution in [1.29, 1.82) is 0 Å². The first-order valence-corrected chi connectivity index (χ1v) is 14.5. The third kappa shape index (κ3) is 7.34. The molecule has 2 aromatic rings. The van der Waals surface area contributed by atoms with Gasteiger partial charge in [0, 0.05) is 42.7 Å². The summed E-state index contributed by atoms with van der Waals surface area (Å²) in [5.41, 5.74) is 0.305. The van der Waals surface area contributed by atoms with Crippen LogP contribution in [0.1, 0.15) is 45.2 Å². The first-order chi connectivity index (χ1) is 21.6. The van der Waals surface area contributed by atoms with Gasteiger partial charge in [-0.25, -0.2) is 19.4 Å². The number of esters is 2. The summed E-state index contributed by atoms with van der Waals surface area (Å²) in [7, 11) is 0. The average molecular weight is 647 g/mol. The van der Waals surface area contributed by atoms with E-state index in [-0.39, 0.29) is 24.9 Å². The van der Waals surface area contributed by atoms with Crippen molar-refractivity contribution in [2.75, 3.05) is 37.8 Å². The van der Waals surface area contributed by atoms with Crippen LogP contribution in [0.4, 0.5) is 23.7 Å². The Morgan fingerprint density at radius 1 is 1.11 bits per heavy atom. The fraction of sp³-hybridized carbons (Fsp3) is 0.516. The number of hydrogen-bond donors (Lipinski definition) is 0. The number of carbonyl (C=O) groups is 3. The van der Waals surface area contributed by atoms with E-state index in [1.54, 1.807) is 45.3 Å². The Balaban J connectivity index is 1.44. The van der Waals surface area contributed by atoms with Crippen LogP contribution in [0.15, 0.2) is 36.8 Å². The van der Waals surface area contributed by atoms with E-state index >= 15 is 0 Å². The molecule has 3 aliphatic heterocycles. The topological polar surface area (TPSA) is 130 Å². The minimum absolute atomic E-state index is 0.144. The summed E-state index contributed by atoms with van der Waals surface area (Å²) in [4.78, 5) is 48.8. The molecule has 3 aliphatic rings. The van der Waals surface area contributed by atoms with Crippen molar-refractivity contribution in [3.63, 3.8) is 0 Å². The zero-order valence-corrected chi connectivity index (χ0v) is 25.6. The maximum Gasteiger partial charge on any atom is 0.491 e. The first-order valence-electron chi connectivity index (χ1n) is 14.5. The fourth-order valence-corrected chi connectivity index (χ4v) is 5.29. The van der Waals surface area contributed by atoms with Gasteiger partial charge in [0.05, 0.1) is 32.4 Å². The Labute approximate surface area is 263 Å². The number of alkyl halides is 3. The summed E-state index contributed by atoms with van der Waals surface area (Å²) in [6, 6.07) is 3.63. The van der Waals surface area contributed by atoms with Crippen molar-refractivity contribution in [1.82, 2.24) is 14.9 Å². The van der Waals surface area contributed by atoms with Gasteiger partial charge in [-0.3, -0.25) is 9.88 Å². The third-order valence-electron chi connectivity index (χ3n) is 7.66. The zero-order chi connectivity index (χ0) is 33.3. The Bertz CT molecular complexity index is 1530. The molecular formula is C31H33F3N4O8. The molecule has 0 aliphatic carbocycles. The van der Waals surface area contributed by atoms with Gasteiger partial charge in [0.25, 0.3) is 0 Å². The Morgan fingerprint density at radius 3 is 2.48 bits per heavy atom. The highest BCUT2D eigenvalue weighted by molar-refractivity contribution is 5.92. The highest BCUT2D eigenvalue weighted by atomic mass is 19.4. The van der Waals surface area contributed by atoms with Gasteiger partial charge in [-0.2, -0.15) is 13.2 Å². The average Bonchev–Trinajstić information content (AvgIpc) is 3.39. The van der Waals surface area contributed by atoms with Crippen LogP contribution in [0.5, 0.6) is 5.88 Å². The Hall–Kier alpha value is -4.42. The lowest BCUT2D eigenvalue weighted by Crippen LogP contribution is -2.68. The molecular weight excluding hydrogens is 613 g/mol. The van der Waals surface area contributed by atoms with Crippen molar-refractivity contribution in [2.45, 2.75) is 69.7 Å². The molecule has 5 heterocycles. The lowest BCUT2D eigenvalue weighted by Gasteiger charge is -2.53. The molecule has 15 heteroatoms. The lowest BCUT2D eigenvalue weighted by atomic mass is 9.90. The van der Waals surface area contributed by atoms with E-state index in [1.165, 1.54) is 6.20 Å². The number of nitrogens with zero attached hydrogens (tertiary/aromatic N) is 4. The third-order valence-corrected chi connectivity index (χ3v) is 7.66. The standard InChI is InChI=1S/C31H33F3N4O8/c1-19-30(17-42-18-30)43-11-10-37(19)23-12-21(8-7-20-6-5-9-35-14-20)15-36-25(23)44-22-13-24(26(39)45-27(40)31(32,33)34)38(16-22)28(41)46-29(2,3)4/h5-6,9,12,14-15,19,22,24H,10-11,13,16-18H2,1-4H3/t19-,22-,24-/m0/s1. The summed E-state index contributed by atoms with van der Waals surface area (Å²) in [6.07, 6.45) is -2.83. The molecule has 1 amide bonds. The molecule has 0 unspecified atom stereocenters. The Morgan fingerprint density at radius 2 is 1.85 bits per heavy atom. The van der Waals surface area contributed by atoms with Crippen molar-refractivity contribution >= 4 is 23.7 Å². The van der Waals surface area contributed by atoms with E-state index in [0.29, 0.717) is 43.2 Å². The van der Waals surface area contributed by atoms with E-state index in [4.69, 9.17) is 18.9 Å². The SMILES string of the molecule is C[C@@H]1N(c2cc(C#Cc3cccnc3)cnc2O[C@H]2C[C@@H](C(=O)OC(=O)C(F)(F)F)N(C(=O)OC(C)(C)C)C2)CCOC12COC2. The molecule has 3 fully saturated rings. The molecule has 0 bridgehead atoms. The van der Waals surface area contributed by atoms with Crippen molar-refractivity contribution in [2.24, 2.45) is 0 Å². The highest BCUT2D eigenvalue weighted by Crippen LogP contribution is 2.39. The molecule has 3 atom stereocenters. The second-order valence-electron chi connectivity index (χ2n) is 12.1. The van der Waals surface area contributed by atoms with Crippen molar-refractivity contribution < 1.29 is 51.2 Å². The predicted octanol–water partition coefficient (Wildman–Crippen LogP) is 3.26. The molecule has 0 radical (unpaired) electrons. The monoisotopic (exact) mass is 646 g/mol. The number of halogens is 3. The molecule has 2 aromatic heterocycles. The summed E-state index contributed by atoms with van der Waals surface area (Å²) < 4.78 is 65.8. The van der Waals surface area contributed by atoms with Crippen LogP contribution in [0.25, 0.3) is 0 Å². The molecule has 3 saturated heterocycles. The number of aromatic nitrogens is 2. The number of ether oxygens (including phenoxy) is 5. The maximum atomic E-state index is 13.0. The molecule has 1 spiro atoms. The van der Waals surface area contributed by atoms with Gasteiger partial charge in [0.15, 0.2) is 0 Å². The van der Waals surface area contributed by atoms with E-state index in [0.717, 1.165) is 4.90 Å². The first kappa shape index (κ1) is 33.0. The van der Waals surface area contributed by atoms with Crippen LogP contribution in [0.2, 0.25) is 0 Å². The molecule has 46 heavy (non-hydrogen) atoms. The predicted molar refractivity (Wildman–Crippen MR) is 154 cm³/mol. The fourth-order valence-electron chi connectivity index (χ4n) is 5.29. The highest BCUT2D eigenvalue weighted by Gasteiger charge is 2.51. The zero-order valence-electron chi connectivity index (χ0n) is 25.6. The number of pyridine rings is 2. The van der Waals surface area contributed by atoms with Crippen LogP contribution < -0.4 is 9.64 Å². The number of carbonyl (C=O) groups excluding carboxylic acids is 3. The summed E-state index contributed by atoms with van der Waals surface area (Å²) in [5, 5.41) is 0. The van der Waals surface area contributed by atoms with Gasteiger partial charge >= 0.3 is 24.2 Å². The van der Waals surface area contributed by atoms with Crippen LogP contribution >= 0.6 is 0 Å². The second kappa shape index (κ2) is 12.8. The Kier molecular flexibility index (Phi) is 9.14. The van der Waals surface area contributed by atoms with Gasteiger partial charge in [0.2, 0.25) is 5.88 Å². The summed E-state index contributed by atoms with van der Waals surface area (Å²) >= 11 is 0. The second-order valence-corrected chi connectivity index (χ2v) is 12.1. The molecule has 5 rings (SSSR count). The van der Waals surface area contributed by atoms with E-state index in [2.05, 4.69) is 31.4 Å². The number of hydrogen-bond acceptors (Lipinski definition) is 11. The van der Waals surface area contributed by atoms with Crippen molar-refractivity contribution in [3.8, 4) is 17.7 Å². The number of morpholine rings is 1. The van der Waals surface area contributed by atoms with Gasteiger partial charge in [-0.1, -0.05) is 11.8 Å². The maximum absolute atomic E-state index is 13.0. The van der Waals surface area contributed by atoms with Gasteiger partial charge in [-0.05, 0) is 45.9 Å². The molecule has 0 N–H and O–H groups in total. The quantitative estimate of drug-likeness (QED) is 0.276. The molecule has 12 nitrogen and oxygen atoms in total. The summed E-state index contributed by atoms with van der Waals surface area (Å²) in [6.45, 7) is 8.19. The van der Waals surface area contributed by atoms with Crippen LogP contribution in [-0.2, 0) is 28.5 Å². The number of amides is 1. The number of anilines is 1. The van der Waals surface area contributed by atoms with Gasteiger partial charge in [-0.15, -0.1) is 0 Å². The van der Waals surface area contributed by atoms with Crippen LogP contribution in [0, 0.1) is 11.8 Å². The van der Waals surface area contributed by atoms with Crippen LogP contribution in [0.3, 0.4) is 0 Å². The van der Waals surface area contributed by atoms with Gasteiger partial charge in [0.1, 0.15) is 29.0 Å². The lowest BCUT2D eigenvalue weighted by molar-refractivity contribution is -0.228. The van der Waals surface area contributed by atoms with Crippen LogP contribution in [-0.4, -0.2) is 101 Å². The molecule has 0 saturated carbocycles.